The van der Waals surface area contributed by atoms with E-state index in [2.05, 4.69) is 0 Å². The van der Waals surface area contributed by atoms with E-state index in [0.717, 1.165) is 4.90 Å². The van der Waals surface area contributed by atoms with Crippen LogP contribution in [0.3, 0.4) is 0 Å². The summed E-state index contributed by atoms with van der Waals surface area (Å²) in [5, 5.41) is 8.68. The summed E-state index contributed by atoms with van der Waals surface area (Å²) in [6.45, 7) is -0.312. The molecule has 1 atom stereocenters. The summed E-state index contributed by atoms with van der Waals surface area (Å²) in [6.07, 6.45) is -4.37. The molecular formula is C10H15F3N2O3. The Morgan fingerprint density at radius 3 is 2.56 bits per heavy atom. The lowest BCUT2D eigenvalue weighted by Gasteiger charge is -2.28. The van der Waals surface area contributed by atoms with Crippen LogP contribution < -0.4 is 0 Å². The molecule has 0 aromatic heterocycles. The SMILES string of the molecule is CN(CCO)C(=O)C1CCCN1C(=O)C(F)(F)F. The first-order valence-electron chi connectivity index (χ1n) is 5.52. The number of carbonyl (C=O) groups is 2. The van der Waals surface area contributed by atoms with Gasteiger partial charge in [0.1, 0.15) is 6.04 Å². The third-order valence-electron chi connectivity index (χ3n) is 2.85. The van der Waals surface area contributed by atoms with Crippen LogP contribution in [0.1, 0.15) is 12.8 Å². The standard InChI is InChI=1S/C10H15F3N2O3/c1-14(5-6-16)8(17)7-3-2-4-15(7)9(18)10(11,12)13/h7,16H,2-6H2,1H3. The highest BCUT2D eigenvalue weighted by Crippen LogP contribution is 2.26. The van der Waals surface area contributed by atoms with Crippen LogP contribution in [0.2, 0.25) is 0 Å². The van der Waals surface area contributed by atoms with Gasteiger partial charge in [-0.1, -0.05) is 0 Å². The van der Waals surface area contributed by atoms with Gasteiger partial charge < -0.3 is 14.9 Å². The van der Waals surface area contributed by atoms with Crippen LogP contribution in [0.4, 0.5) is 13.2 Å². The normalized spacial score (nSPS) is 20.1. The van der Waals surface area contributed by atoms with Gasteiger partial charge in [0.2, 0.25) is 5.91 Å². The summed E-state index contributed by atoms with van der Waals surface area (Å²) in [5.74, 6) is -2.55. The van der Waals surface area contributed by atoms with Crippen molar-refractivity contribution < 1.29 is 27.9 Å². The van der Waals surface area contributed by atoms with Crippen LogP contribution in [-0.4, -0.2) is 65.7 Å². The summed E-state index contributed by atoms with van der Waals surface area (Å²) in [5.41, 5.74) is 0. The van der Waals surface area contributed by atoms with Crippen molar-refractivity contribution in [1.29, 1.82) is 0 Å². The molecule has 0 bridgehead atoms. The van der Waals surface area contributed by atoms with Gasteiger partial charge in [-0.2, -0.15) is 13.2 Å². The maximum Gasteiger partial charge on any atom is 0.471 e. The van der Waals surface area contributed by atoms with Gasteiger partial charge in [-0.15, -0.1) is 0 Å². The van der Waals surface area contributed by atoms with Gasteiger partial charge in [0.05, 0.1) is 6.61 Å². The van der Waals surface area contributed by atoms with Crippen molar-refractivity contribution in [2.75, 3.05) is 26.7 Å². The smallest absolute Gasteiger partial charge is 0.395 e. The maximum absolute atomic E-state index is 12.3. The van der Waals surface area contributed by atoms with E-state index in [1.165, 1.54) is 7.05 Å². The van der Waals surface area contributed by atoms with Crippen molar-refractivity contribution in [2.45, 2.75) is 25.1 Å². The van der Waals surface area contributed by atoms with E-state index in [-0.39, 0.29) is 26.1 Å². The summed E-state index contributed by atoms with van der Waals surface area (Å²) >= 11 is 0. The molecule has 1 aliphatic heterocycles. The number of likely N-dealkylation sites (tertiary alicyclic amines) is 1. The monoisotopic (exact) mass is 268 g/mol. The molecule has 0 spiro atoms. The van der Waals surface area contributed by atoms with Crippen LogP contribution in [0.15, 0.2) is 0 Å². The number of hydrogen-bond donors (Lipinski definition) is 1. The number of rotatable bonds is 3. The first-order valence-corrected chi connectivity index (χ1v) is 5.52. The molecule has 18 heavy (non-hydrogen) atoms. The van der Waals surface area contributed by atoms with E-state index >= 15 is 0 Å². The molecular weight excluding hydrogens is 253 g/mol. The third kappa shape index (κ3) is 3.12. The van der Waals surface area contributed by atoms with E-state index < -0.39 is 24.0 Å². The number of halogens is 3. The van der Waals surface area contributed by atoms with Crippen LogP contribution >= 0.6 is 0 Å². The number of hydrogen-bond acceptors (Lipinski definition) is 3. The molecule has 1 saturated heterocycles. The Kier molecular flexibility index (Phi) is 4.55. The van der Waals surface area contributed by atoms with E-state index in [9.17, 15) is 22.8 Å². The Morgan fingerprint density at radius 1 is 1.44 bits per heavy atom. The predicted octanol–water partition coefficient (Wildman–Crippen LogP) is -0.00960. The Balaban J connectivity index is 2.76. The zero-order valence-corrected chi connectivity index (χ0v) is 9.90. The maximum atomic E-state index is 12.3. The number of carbonyl (C=O) groups excluding carboxylic acids is 2. The molecule has 1 aliphatic rings. The quantitative estimate of drug-likeness (QED) is 0.783. The number of nitrogens with zero attached hydrogens (tertiary/aromatic N) is 2. The molecule has 1 unspecified atom stereocenters. The van der Waals surface area contributed by atoms with Crippen molar-refractivity contribution in [3.05, 3.63) is 0 Å². The fraction of sp³-hybridized carbons (Fsp3) is 0.800. The van der Waals surface area contributed by atoms with E-state index in [1.807, 2.05) is 0 Å². The first kappa shape index (κ1) is 14.7. The minimum absolute atomic E-state index is 0.0311. The lowest BCUT2D eigenvalue weighted by atomic mass is 10.2. The molecule has 1 N–H and O–H groups in total. The zero-order chi connectivity index (χ0) is 13.9. The Morgan fingerprint density at radius 2 is 2.06 bits per heavy atom. The summed E-state index contributed by atoms with van der Waals surface area (Å²) in [6, 6.07) is -1.07. The molecule has 1 fully saturated rings. The van der Waals surface area contributed by atoms with Crippen LogP contribution in [0, 0.1) is 0 Å². The molecule has 2 amide bonds. The van der Waals surface area contributed by atoms with Crippen molar-refractivity contribution in [3.63, 3.8) is 0 Å². The third-order valence-corrected chi connectivity index (χ3v) is 2.85. The van der Waals surface area contributed by atoms with Gasteiger partial charge in [0, 0.05) is 20.1 Å². The highest BCUT2D eigenvalue weighted by Gasteiger charge is 2.48. The number of aliphatic hydroxyl groups is 1. The van der Waals surface area contributed by atoms with Crippen molar-refractivity contribution in [2.24, 2.45) is 0 Å². The average Bonchev–Trinajstić information content (AvgIpc) is 2.74. The molecule has 0 aromatic rings. The first-order chi connectivity index (χ1) is 8.29. The molecule has 104 valence electrons. The summed E-state index contributed by atoms with van der Waals surface area (Å²) < 4.78 is 37.0. The van der Waals surface area contributed by atoms with Crippen molar-refractivity contribution >= 4 is 11.8 Å². The fourth-order valence-corrected chi connectivity index (χ4v) is 1.94. The van der Waals surface area contributed by atoms with Crippen molar-refractivity contribution in [1.82, 2.24) is 9.80 Å². The van der Waals surface area contributed by atoms with Crippen LogP contribution in [0.25, 0.3) is 0 Å². The van der Waals surface area contributed by atoms with Gasteiger partial charge in [-0.25, -0.2) is 0 Å². The summed E-state index contributed by atoms with van der Waals surface area (Å²) in [7, 11) is 1.38. The number of alkyl halides is 3. The van der Waals surface area contributed by atoms with Gasteiger partial charge >= 0.3 is 12.1 Å². The molecule has 0 saturated carbocycles. The van der Waals surface area contributed by atoms with Crippen LogP contribution in [-0.2, 0) is 9.59 Å². The number of aliphatic hydroxyl groups excluding tert-OH is 1. The average molecular weight is 268 g/mol. The second-order valence-electron chi connectivity index (χ2n) is 4.14. The molecule has 0 radical (unpaired) electrons. The second kappa shape index (κ2) is 5.55. The summed E-state index contributed by atoms with van der Waals surface area (Å²) in [4.78, 5) is 24.7. The minimum Gasteiger partial charge on any atom is -0.395 e. The van der Waals surface area contributed by atoms with Gasteiger partial charge in [-0.3, -0.25) is 9.59 Å². The Hall–Kier alpha value is -1.31. The van der Waals surface area contributed by atoms with E-state index in [0.29, 0.717) is 11.3 Å². The predicted molar refractivity (Wildman–Crippen MR) is 55.5 cm³/mol. The zero-order valence-electron chi connectivity index (χ0n) is 9.90. The van der Waals surface area contributed by atoms with E-state index in [4.69, 9.17) is 5.11 Å². The lowest BCUT2D eigenvalue weighted by molar-refractivity contribution is -0.187. The largest absolute Gasteiger partial charge is 0.471 e. The molecule has 5 nitrogen and oxygen atoms in total. The highest BCUT2D eigenvalue weighted by molar-refractivity contribution is 5.90. The van der Waals surface area contributed by atoms with Gasteiger partial charge in [-0.05, 0) is 12.8 Å². The molecule has 0 aromatic carbocycles. The molecule has 1 heterocycles. The van der Waals surface area contributed by atoms with Gasteiger partial charge in [0.15, 0.2) is 0 Å². The number of likely N-dealkylation sites (N-methyl/N-ethyl adjacent to an activating group) is 1. The number of amides is 2. The fourth-order valence-electron chi connectivity index (χ4n) is 1.94. The minimum atomic E-state index is -4.96. The highest BCUT2D eigenvalue weighted by atomic mass is 19.4. The van der Waals surface area contributed by atoms with Crippen molar-refractivity contribution in [3.8, 4) is 0 Å². The van der Waals surface area contributed by atoms with Crippen LogP contribution in [0.5, 0.6) is 0 Å². The second-order valence-corrected chi connectivity index (χ2v) is 4.14. The molecule has 0 aliphatic carbocycles. The Bertz CT molecular complexity index is 333. The van der Waals surface area contributed by atoms with Gasteiger partial charge in [0.25, 0.3) is 0 Å². The molecule has 1 rings (SSSR count). The van der Waals surface area contributed by atoms with E-state index in [1.54, 1.807) is 0 Å². The molecule has 8 heteroatoms. The lowest BCUT2D eigenvalue weighted by Crippen LogP contribution is -2.50. The Labute approximate surface area is 102 Å². The topological polar surface area (TPSA) is 60.9 Å².